The number of nitrogens with zero attached hydrogens (tertiary/aromatic N) is 1. The van der Waals surface area contributed by atoms with Crippen LogP contribution in [0.1, 0.15) is 41.0 Å². The van der Waals surface area contributed by atoms with Crippen LogP contribution in [0.2, 0.25) is 0 Å². The van der Waals surface area contributed by atoms with E-state index in [-0.39, 0.29) is 28.1 Å². The third-order valence-electron chi connectivity index (χ3n) is 2.80. The van der Waals surface area contributed by atoms with Crippen molar-refractivity contribution in [3.63, 3.8) is 0 Å². The normalized spacial score (nSPS) is 20.8. The largest absolute Gasteiger partial charge is 0.454 e. The number of carbonyl (C=O) groups is 1. The van der Waals surface area contributed by atoms with Crippen LogP contribution >= 0.6 is 11.8 Å². The summed E-state index contributed by atoms with van der Waals surface area (Å²) in [7, 11) is 0. The van der Waals surface area contributed by atoms with Crippen molar-refractivity contribution in [3.05, 3.63) is 21.1 Å². The number of hydrogen-bond donors (Lipinski definition) is 0. The minimum Gasteiger partial charge on any atom is -0.454 e. The van der Waals surface area contributed by atoms with Gasteiger partial charge in [-0.1, -0.05) is 34.6 Å². The van der Waals surface area contributed by atoms with E-state index >= 15 is 0 Å². The maximum absolute atomic E-state index is 11.9. The van der Waals surface area contributed by atoms with Crippen LogP contribution in [-0.2, 0) is 9.53 Å². The molecule has 20 heavy (non-hydrogen) atoms. The second-order valence-electron chi connectivity index (χ2n) is 6.52. The van der Waals surface area contributed by atoms with Crippen molar-refractivity contribution in [1.82, 2.24) is 0 Å². The Morgan fingerprint density at radius 1 is 1.45 bits per heavy atom. The van der Waals surface area contributed by atoms with Gasteiger partial charge in [0.25, 0.3) is 0 Å². The van der Waals surface area contributed by atoms with Gasteiger partial charge in [0.1, 0.15) is 6.10 Å². The summed E-state index contributed by atoms with van der Waals surface area (Å²) in [6, 6.07) is 0. The van der Waals surface area contributed by atoms with Crippen LogP contribution in [0.25, 0.3) is 0 Å². The number of nitro groups is 1. The SMILES string of the molecule is CC(C)C[C@H](C[N+](=O)[O-])[C@H]1C=C(SC(C)(C)C)C(=O)O1. The summed E-state index contributed by atoms with van der Waals surface area (Å²) in [4.78, 5) is 22.9. The molecule has 0 saturated heterocycles. The molecule has 0 fully saturated rings. The van der Waals surface area contributed by atoms with Crippen LogP contribution in [0.15, 0.2) is 11.0 Å². The molecule has 0 spiro atoms. The zero-order valence-electron chi connectivity index (χ0n) is 12.7. The lowest BCUT2D eigenvalue weighted by Crippen LogP contribution is -2.28. The molecule has 2 atom stereocenters. The van der Waals surface area contributed by atoms with Crippen molar-refractivity contribution in [2.45, 2.75) is 51.9 Å². The van der Waals surface area contributed by atoms with Gasteiger partial charge in [-0.25, -0.2) is 4.79 Å². The summed E-state index contributed by atoms with van der Waals surface area (Å²) in [5.41, 5.74) is 0. The summed E-state index contributed by atoms with van der Waals surface area (Å²) < 4.78 is 5.24. The Kier molecular flexibility index (Phi) is 5.62. The third-order valence-corrected chi connectivity index (χ3v) is 3.93. The molecular weight excluding hydrogens is 278 g/mol. The lowest BCUT2D eigenvalue weighted by atomic mass is 9.92. The first-order chi connectivity index (χ1) is 9.08. The fraction of sp³-hybridized carbons (Fsp3) is 0.786. The van der Waals surface area contributed by atoms with Gasteiger partial charge < -0.3 is 4.74 Å². The molecule has 0 radical (unpaired) electrons. The Balaban J connectivity index is 2.82. The van der Waals surface area contributed by atoms with E-state index < -0.39 is 6.10 Å². The Labute approximate surface area is 124 Å². The summed E-state index contributed by atoms with van der Waals surface area (Å²) in [5.74, 6) is -0.287. The van der Waals surface area contributed by atoms with Gasteiger partial charge in [0.2, 0.25) is 6.54 Å². The van der Waals surface area contributed by atoms with Gasteiger partial charge >= 0.3 is 5.97 Å². The fourth-order valence-corrected chi connectivity index (χ4v) is 3.17. The van der Waals surface area contributed by atoms with Crippen molar-refractivity contribution in [3.8, 4) is 0 Å². The van der Waals surface area contributed by atoms with Crippen molar-refractivity contribution < 1.29 is 14.5 Å². The van der Waals surface area contributed by atoms with Crippen LogP contribution in [0.5, 0.6) is 0 Å². The quantitative estimate of drug-likeness (QED) is 0.428. The molecule has 0 amide bonds. The third kappa shape index (κ3) is 5.53. The second-order valence-corrected chi connectivity index (χ2v) is 8.39. The van der Waals surface area contributed by atoms with Gasteiger partial charge in [-0.2, -0.15) is 0 Å². The number of hydrogen-bond acceptors (Lipinski definition) is 5. The molecule has 0 N–H and O–H groups in total. The molecule has 0 bridgehead atoms. The van der Waals surface area contributed by atoms with Crippen LogP contribution in [0, 0.1) is 22.0 Å². The molecule has 114 valence electrons. The highest BCUT2D eigenvalue weighted by atomic mass is 32.2. The maximum atomic E-state index is 11.9. The number of ether oxygens (including phenoxy) is 1. The van der Waals surface area contributed by atoms with Gasteiger partial charge in [0.15, 0.2) is 0 Å². The molecule has 0 unspecified atom stereocenters. The molecule has 0 saturated carbocycles. The Hall–Kier alpha value is -1.04. The lowest BCUT2D eigenvalue weighted by molar-refractivity contribution is -0.490. The van der Waals surface area contributed by atoms with Gasteiger partial charge in [-0.05, 0) is 18.4 Å². The summed E-state index contributed by atoms with van der Waals surface area (Å²) in [6.45, 7) is 9.90. The predicted molar refractivity (Wildman–Crippen MR) is 80.1 cm³/mol. The van der Waals surface area contributed by atoms with E-state index in [1.807, 2.05) is 34.6 Å². The first kappa shape index (κ1) is 17.0. The zero-order valence-corrected chi connectivity index (χ0v) is 13.5. The molecule has 0 aromatic carbocycles. The first-order valence-electron chi connectivity index (χ1n) is 6.82. The van der Waals surface area contributed by atoms with Gasteiger partial charge in [0, 0.05) is 9.67 Å². The van der Waals surface area contributed by atoms with Crippen molar-refractivity contribution >= 4 is 17.7 Å². The lowest BCUT2D eigenvalue weighted by Gasteiger charge is -2.19. The Morgan fingerprint density at radius 2 is 2.05 bits per heavy atom. The highest BCUT2D eigenvalue weighted by Gasteiger charge is 2.36. The highest BCUT2D eigenvalue weighted by molar-refractivity contribution is 8.05. The van der Waals surface area contributed by atoms with Gasteiger partial charge in [-0.15, -0.1) is 11.8 Å². The topological polar surface area (TPSA) is 69.4 Å². The molecular formula is C14H23NO4S. The Bertz CT molecular complexity index is 412. The first-order valence-corrected chi connectivity index (χ1v) is 7.63. The molecule has 6 heteroatoms. The number of esters is 1. The van der Waals surface area contributed by atoms with Crippen LogP contribution in [0.4, 0.5) is 0 Å². The van der Waals surface area contributed by atoms with Crippen LogP contribution in [0.3, 0.4) is 0 Å². The molecule has 1 aliphatic rings. The van der Waals surface area contributed by atoms with E-state index in [2.05, 4.69) is 0 Å². The summed E-state index contributed by atoms with van der Waals surface area (Å²) in [6.07, 6.45) is 1.96. The monoisotopic (exact) mass is 301 g/mol. The van der Waals surface area contributed by atoms with Gasteiger partial charge in [0.05, 0.1) is 10.8 Å². The van der Waals surface area contributed by atoms with E-state index in [1.165, 1.54) is 11.8 Å². The molecule has 1 aliphatic heterocycles. The second kappa shape index (κ2) is 6.61. The Morgan fingerprint density at radius 3 is 2.50 bits per heavy atom. The van der Waals surface area contributed by atoms with E-state index in [0.717, 1.165) is 0 Å². The number of carbonyl (C=O) groups excluding carboxylic acids is 1. The average Bonchev–Trinajstić information content (AvgIpc) is 2.55. The molecule has 5 nitrogen and oxygen atoms in total. The minimum atomic E-state index is -0.472. The zero-order chi connectivity index (χ0) is 15.5. The van der Waals surface area contributed by atoms with E-state index in [9.17, 15) is 14.9 Å². The molecule has 0 aliphatic carbocycles. The molecule has 1 heterocycles. The van der Waals surface area contributed by atoms with Crippen molar-refractivity contribution in [2.75, 3.05) is 6.54 Å². The van der Waals surface area contributed by atoms with E-state index in [4.69, 9.17) is 4.74 Å². The van der Waals surface area contributed by atoms with Crippen molar-refractivity contribution in [2.24, 2.45) is 11.8 Å². The highest BCUT2D eigenvalue weighted by Crippen LogP contribution is 2.37. The smallest absolute Gasteiger partial charge is 0.345 e. The van der Waals surface area contributed by atoms with E-state index in [0.29, 0.717) is 17.2 Å². The summed E-state index contributed by atoms with van der Waals surface area (Å²) >= 11 is 1.45. The summed E-state index contributed by atoms with van der Waals surface area (Å²) in [5, 5.41) is 10.8. The average molecular weight is 301 g/mol. The van der Waals surface area contributed by atoms with Gasteiger partial charge in [-0.3, -0.25) is 10.1 Å². The number of rotatable bonds is 6. The van der Waals surface area contributed by atoms with Crippen LogP contribution in [-0.4, -0.2) is 28.3 Å². The maximum Gasteiger partial charge on any atom is 0.345 e. The molecule has 0 aromatic rings. The standard InChI is InChI=1S/C14H23NO4S/c1-9(2)6-10(8-15(17)18)11-7-12(13(16)19-11)20-14(3,4)5/h7,9-11H,6,8H2,1-5H3/t10-,11-/m1/s1. The number of cyclic esters (lactones) is 1. The predicted octanol–water partition coefficient (Wildman–Crippen LogP) is 3.27. The molecule has 1 rings (SSSR count). The molecule has 0 aromatic heterocycles. The van der Waals surface area contributed by atoms with E-state index in [1.54, 1.807) is 6.08 Å². The van der Waals surface area contributed by atoms with Crippen LogP contribution < -0.4 is 0 Å². The fourth-order valence-electron chi connectivity index (χ4n) is 2.18. The number of thioether (sulfide) groups is 1. The van der Waals surface area contributed by atoms with Crippen molar-refractivity contribution in [1.29, 1.82) is 0 Å². The minimum absolute atomic E-state index is 0.0869.